The van der Waals surface area contributed by atoms with Gasteiger partial charge in [0, 0.05) is 18.3 Å². The average Bonchev–Trinajstić information content (AvgIpc) is 2.64. The highest BCUT2D eigenvalue weighted by Gasteiger charge is 2.49. The van der Waals surface area contributed by atoms with Crippen molar-refractivity contribution in [3.8, 4) is 0 Å². The molecular formula is C14H19N3O. The lowest BCUT2D eigenvalue weighted by atomic mass is 9.75. The predicted molar refractivity (Wildman–Crippen MR) is 70.5 cm³/mol. The number of carbonyl (C=O) groups is 1. The van der Waals surface area contributed by atoms with Crippen LogP contribution in [0.25, 0.3) is 0 Å². The van der Waals surface area contributed by atoms with Crippen molar-refractivity contribution in [1.29, 1.82) is 0 Å². The lowest BCUT2D eigenvalue weighted by molar-refractivity contribution is -0.122. The number of likely N-dealkylation sites (tertiary alicyclic amines) is 1. The summed E-state index contributed by atoms with van der Waals surface area (Å²) in [6.07, 6.45) is 4.90. The Kier molecular flexibility index (Phi) is 2.82. The van der Waals surface area contributed by atoms with Crippen LogP contribution in [0.1, 0.15) is 31.7 Å². The third kappa shape index (κ3) is 1.63. The summed E-state index contributed by atoms with van der Waals surface area (Å²) in [5.41, 5.74) is 0.743. The van der Waals surface area contributed by atoms with E-state index >= 15 is 0 Å². The van der Waals surface area contributed by atoms with Crippen molar-refractivity contribution in [1.82, 2.24) is 9.88 Å². The maximum Gasteiger partial charge on any atom is 0.237 e. The van der Waals surface area contributed by atoms with E-state index in [0.29, 0.717) is 0 Å². The van der Waals surface area contributed by atoms with Gasteiger partial charge < -0.3 is 10.2 Å². The molecule has 1 fully saturated rings. The number of piperidine rings is 1. The summed E-state index contributed by atoms with van der Waals surface area (Å²) in [6.45, 7) is 5.21. The van der Waals surface area contributed by atoms with Crippen molar-refractivity contribution in [3.63, 3.8) is 0 Å². The minimum Gasteiger partial charge on any atom is -0.310 e. The molecule has 0 saturated carbocycles. The number of carbonyl (C=O) groups excluding carboxylic acids is 1. The van der Waals surface area contributed by atoms with E-state index in [4.69, 9.17) is 0 Å². The Morgan fingerprint density at radius 3 is 3.28 bits per heavy atom. The number of nitrogens with one attached hydrogen (secondary N) is 1. The number of hydrogen-bond acceptors (Lipinski definition) is 3. The number of amides is 1. The largest absolute Gasteiger partial charge is 0.310 e. The van der Waals surface area contributed by atoms with E-state index in [2.05, 4.69) is 28.2 Å². The first-order chi connectivity index (χ1) is 8.76. The van der Waals surface area contributed by atoms with Crippen molar-refractivity contribution < 1.29 is 4.79 Å². The van der Waals surface area contributed by atoms with E-state index < -0.39 is 0 Å². The van der Waals surface area contributed by atoms with Crippen LogP contribution in [0.5, 0.6) is 0 Å². The average molecular weight is 245 g/mol. The molecule has 96 valence electrons. The maximum atomic E-state index is 12.4. The molecule has 1 unspecified atom stereocenters. The van der Waals surface area contributed by atoms with Crippen LogP contribution >= 0.6 is 0 Å². The van der Waals surface area contributed by atoms with Gasteiger partial charge in [-0.2, -0.15) is 0 Å². The van der Waals surface area contributed by atoms with Crippen molar-refractivity contribution in [2.75, 3.05) is 25.0 Å². The molecule has 4 heteroatoms. The molecule has 3 heterocycles. The van der Waals surface area contributed by atoms with Crippen molar-refractivity contribution >= 4 is 11.7 Å². The predicted octanol–water partition coefficient (Wildman–Crippen LogP) is 1.78. The molecule has 1 N–H and O–H groups in total. The van der Waals surface area contributed by atoms with Crippen LogP contribution < -0.4 is 5.32 Å². The minimum absolute atomic E-state index is 0.136. The lowest BCUT2D eigenvalue weighted by Gasteiger charge is -2.38. The second-order valence-corrected chi connectivity index (χ2v) is 5.32. The van der Waals surface area contributed by atoms with Crippen molar-refractivity contribution in [2.24, 2.45) is 0 Å². The van der Waals surface area contributed by atoms with Crippen LogP contribution in [0.15, 0.2) is 18.3 Å². The highest BCUT2D eigenvalue weighted by atomic mass is 16.2. The summed E-state index contributed by atoms with van der Waals surface area (Å²) < 4.78 is 0. The van der Waals surface area contributed by atoms with Gasteiger partial charge in [0.2, 0.25) is 5.91 Å². The molecule has 18 heavy (non-hydrogen) atoms. The Morgan fingerprint density at radius 2 is 2.44 bits per heavy atom. The number of hydrogen-bond donors (Lipinski definition) is 1. The molecule has 2 aliphatic rings. The summed E-state index contributed by atoms with van der Waals surface area (Å²) >= 11 is 0. The molecule has 1 atom stereocenters. The molecular weight excluding hydrogens is 226 g/mol. The van der Waals surface area contributed by atoms with Gasteiger partial charge in [-0.15, -0.1) is 0 Å². The molecule has 0 aliphatic carbocycles. The summed E-state index contributed by atoms with van der Waals surface area (Å²) in [5, 5.41) is 2.94. The topological polar surface area (TPSA) is 45.2 Å². The van der Waals surface area contributed by atoms with E-state index in [1.807, 2.05) is 6.07 Å². The highest BCUT2D eigenvalue weighted by Crippen LogP contribution is 2.42. The smallest absolute Gasteiger partial charge is 0.237 e. The fourth-order valence-corrected chi connectivity index (χ4v) is 3.30. The highest BCUT2D eigenvalue weighted by molar-refractivity contribution is 6.05. The van der Waals surface area contributed by atoms with Crippen molar-refractivity contribution in [2.45, 2.75) is 31.6 Å². The Morgan fingerprint density at radius 1 is 1.56 bits per heavy atom. The number of rotatable bonds is 2. The molecule has 1 amide bonds. The molecule has 1 aromatic rings. The first-order valence-corrected chi connectivity index (χ1v) is 6.75. The molecule has 2 aliphatic heterocycles. The van der Waals surface area contributed by atoms with Gasteiger partial charge in [-0.05, 0) is 38.4 Å². The van der Waals surface area contributed by atoms with Crippen LogP contribution in [0.4, 0.5) is 5.82 Å². The van der Waals surface area contributed by atoms with Crippen LogP contribution in [0.3, 0.4) is 0 Å². The fraction of sp³-hybridized carbons (Fsp3) is 0.571. The van der Waals surface area contributed by atoms with Crippen LogP contribution in [-0.2, 0) is 10.2 Å². The van der Waals surface area contributed by atoms with Gasteiger partial charge in [-0.1, -0.05) is 13.0 Å². The van der Waals surface area contributed by atoms with Gasteiger partial charge >= 0.3 is 0 Å². The summed E-state index contributed by atoms with van der Waals surface area (Å²) in [5.74, 6) is 0.901. The number of anilines is 1. The first-order valence-electron chi connectivity index (χ1n) is 6.75. The van der Waals surface area contributed by atoms with E-state index in [1.54, 1.807) is 6.20 Å². The molecule has 1 aromatic heterocycles. The van der Waals surface area contributed by atoms with E-state index in [1.165, 1.54) is 0 Å². The third-order valence-corrected chi connectivity index (χ3v) is 4.10. The maximum absolute atomic E-state index is 12.4. The van der Waals surface area contributed by atoms with Crippen LogP contribution in [0.2, 0.25) is 0 Å². The molecule has 0 radical (unpaired) electrons. The zero-order valence-electron chi connectivity index (χ0n) is 10.8. The normalized spacial score (nSPS) is 27.3. The number of pyridine rings is 1. The van der Waals surface area contributed by atoms with Gasteiger partial charge in [0.15, 0.2) is 0 Å². The van der Waals surface area contributed by atoms with Gasteiger partial charge in [0.05, 0.1) is 5.41 Å². The minimum atomic E-state index is -0.350. The monoisotopic (exact) mass is 245 g/mol. The molecule has 3 rings (SSSR count). The molecule has 0 bridgehead atoms. The molecule has 4 nitrogen and oxygen atoms in total. The zero-order valence-corrected chi connectivity index (χ0v) is 10.8. The fourth-order valence-electron chi connectivity index (χ4n) is 3.30. The Balaban J connectivity index is 1.96. The standard InChI is InChI=1S/C14H19N3O/c1-2-8-17-9-4-6-14(10-17)11-5-3-7-15-12(11)16-13(14)18/h3,5,7H,2,4,6,8-10H2,1H3,(H,15,16,18). The van der Waals surface area contributed by atoms with Gasteiger partial charge in [-0.25, -0.2) is 4.98 Å². The first kappa shape index (κ1) is 11.7. The number of aromatic nitrogens is 1. The zero-order chi connectivity index (χ0) is 12.6. The SMILES string of the molecule is CCCN1CCCC2(C1)C(=O)Nc1ncccc12. The molecule has 1 spiro atoms. The van der Waals surface area contributed by atoms with E-state index in [-0.39, 0.29) is 11.3 Å². The Hall–Kier alpha value is -1.42. The second-order valence-electron chi connectivity index (χ2n) is 5.32. The summed E-state index contributed by atoms with van der Waals surface area (Å²) in [6, 6.07) is 3.98. The van der Waals surface area contributed by atoms with Crippen LogP contribution in [0, 0.1) is 0 Å². The molecule has 0 aromatic carbocycles. The Bertz CT molecular complexity index is 472. The summed E-state index contributed by atoms with van der Waals surface area (Å²) in [4.78, 5) is 19.1. The number of fused-ring (bicyclic) bond motifs is 2. The van der Waals surface area contributed by atoms with E-state index in [9.17, 15) is 4.79 Å². The quantitative estimate of drug-likeness (QED) is 0.863. The second kappa shape index (κ2) is 4.35. The van der Waals surface area contributed by atoms with Gasteiger partial charge in [0.25, 0.3) is 0 Å². The third-order valence-electron chi connectivity index (χ3n) is 4.10. The van der Waals surface area contributed by atoms with Crippen molar-refractivity contribution in [3.05, 3.63) is 23.9 Å². The van der Waals surface area contributed by atoms with Gasteiger partial charge in [0.1, 0.15) is 5.82 Å². The molecule has 1 saturated heterocycles. The Labute approximate surface area is 107 Å². The van der Waals surface area contributed by atoms with Gasteiger partial charge in [-0.3, -0.25) is 4.79 Å². The summed E-state index contributed by atoms with van der Waals surface area (Å²) in [7, 11) is 0. The lowest BCUT2D eigenvalue weighted by Crippen LogP contribution is -2.50. The van der Waals surface area contributed by atoms with E-state index in [0.717, 1.165) is 50.3 Å². The number of nitrogens with zero attached hydrogens (tertiary/aromatic N) is 2. The van der Waals surface area contributed by atoms with Crippen LogP contribution in [-0.4, -0.2) is 35.4 Å².